The largest absolute Gasteiger partial charge is 0.338 e. The third-order valence-electron chi connectivity index (χ3n) is 3.85. The second-order valence-electron chi connectivity index (χ2n) is 5.55. The van der Waals surface area contributed by atoms with Crippen molar-refractivity contribution in [2.45, 2.75) is 13.3 Å². The first kappa shape index (κ1) is 17.1. The molecule has 1 amide bonds. The van der Waals surface area contributed by atoms with Crippen LogP contribution in [0.25, 0.3) is 0 Å². The van der Waals surface area contributed by atoms with Gasteiger partial charge in [-0.3, -0.25) is 4.79 Å². The lowest BCUT2D eigenvalue weighted by Crippen LogP contribution is -2.15. The van der Waals surface area contributed by atoms with E-state index < -0.39 is 0 Å². The molecule has 0 saturated heterocycles. The maximum atomic E-state index is 12.4. The van der Waals surface area contributed by atoms with E-state index in [1.165, 1.54) is 0 Å². The maximum absolute atomic E-state index is 12.4. The Morgan fingerprint density at radius 1 is 1.00 bits per heavy atom. The number of nitrogens with one attached hydrogen (secondary N) is 2. The number of benzene rings is 2. The highest BCUT2D eigenvalue weighted by Crippen LogP contribution is 2.19. The van der Waals surface area contributed by atoms with E-state index in [-0.39, 0.29) is 11.6 Å². The minimum Gasteiger partial charge on any atom is -0.338 e. The van der Waals surface area contributed by atoms with Crippen molar-refractivity contribution in [3.8, 4) is 6.07 Å². The van der Waals surface area contributed by atoms with Gasteiger partial charge in [-0.2, -0.15) is 5.26 Å². The highest BCUT2D eigenvalue weighted by atomic mass is 16.1. The van der Waals surface area contributed by atoms with Crippen LogP contribution in [0.1, 0.15) is 28.5 Å². The van der Waals surface area contributed by atoms with E-state index in [9.17, 15) is 4.79 Å². The van der Waals surface area contributed by atoms with Crippen LogP contribution in [0.2, 0.25) is 0 Å². The molecule has 0 unspecified atom stereocenters. The minimum atomic E-state index is -0.317. The van der Waals surface area contributed by atoms with Crippen LogP contribution < -0.4 is 10.6 Å². The summed E-state index contributed by atoms with van der Waals surface area (Å²) in [5.41, 5.74) is 3.19. The number of hydrogen-bond acceptors (Lipinski definition) is 5. The Hall–Kier alpha value is -3.72. The number of anilines is 3. The number of aromatic nitrogens is 2. The summed E-state index contributed by atoms with van der Waals surface area (Å²) in [5, 5.41) is 23.0. The Morgan fingerprint density at radius 3 is 2.42 bits per heavy atom. The van der Waals surface area contributed by atoms with Crippen LogP contribution in [0, 0.1) is 11.3 Å². The van der Waals surface area contributed by atoms with Crippen LogP contribution >= 0.6 is 0 Å². The highest BCUT2D eigenvalue weighted by molar-refractivity contribution is 6.03. The Bertz CT molecular complexity index is 960. The topological polar surface area (TPSA) is 90.7 Å². The smallest absolute Gasteiger partial charge is 0.276 e. The molecule has 0 fully saturated rings. The molecular formula is C20H17N5O. The molecule has 0 aliphatic rings. The van der Waals surface area contributed by atoms with E-state index >= 15 is 0 Å². The summed E-state index contributed by atoms with van der Waals surface area (Å²) in [5.74, 6) is 0.139. The predicted molar refractivity (Wildman–Crippen MR) is 100 cm³/mol. The van der Waals surface area contributed by atoms with E-state index in [1.54, 1.807) is 30.3 Å². The Kier molecular flexibility index (Phi) is 5.20. The normalized spacial score (nSPS) is 10.0. The number of hydrogen-bond donors (Lipinski definition) is 2. The van der Waals surface area contributed by atoms with E-state index in [1.807, 2.05) is 37.3 Å². The van der Waals surface area contributed by atoms with Crippen molar-refractivity contribution in [3.63, 3.8) is 0 Å². The van der Waals surface area contributed by atoms with E-state index in [0.29, 0.717) is 17.1 Å². The van der Waals surface area contributed by atoms with E-state index in [0.717, 1.165) is 17.7 Å². The van der Waals surface area contributed by atoms with Crippen molar-refractivity contribution in [1.82, 2.24) is 10.2 Å². The number of para-hydroxylation sites is 2. The lowest BCUT2D eigenvalue weighted by molar-refractivity contribution is 0.102. The third-order valence-corrected chi connectivity index (χ3v) is 3.85. The molecule has 0 atom stereocenters. The molecule has 0 aliphatic heterocycles. The summed E-state index contributed by atoms with van der Waals surface area (Å²) in [6, 6.07) is 20.1. The number of carbonyl (C=O) groups is 1. The van der Waals surface area contributed by atoms with Crippen LogP contribution in [0.15, 0.2) is 60.7 Å². The number of amides is 1. The first-order chi connectivity index (χ1) is 12.7. The molecule has 0 aliphatic carbocycles. The van der Waals surface area contributed by atoms with Gasteiger partial charge in [-0.15, -0.1) is 10.2 Å². The first-order valence-electron chi connectivity index (χ1n) is 8.20. The van der Waals surface area contributed by atoms with Gasteiger partial charge in [0.15, 0.2) is 11.5 Å². The summed E-state index contributed by atoms with van der Waals surface area (Å²) in [6.45, 7) is 2.03. The Morgan fingerprint density at radius 2 is 1.73 bits per heavy atom. The predicted octanol–water partition coefficient (Wildman–Crippen LogP) is 3.91. The van der Waals surface area contributed by atoms with Crippen molar-refractivity contribution in [1.29, 1.82) is 5.26 Å². The van der Waals surface area contributed by atoms with Gasteiger partial charge < -0.3 is 10.6 Å². The van der Waals surface area contributed by atoms with Crippen LogP contribution in [0.3, 0.4) is 0 Å². The van der Waals surface area contributed by atoms with Crippen LogP contribution in [-0.4, -0.2) is 16.1 Å². The summed E-state index contributed by atoms with van der Waals surface area (Å²) >= 11 is 0. The average molecular weight is 343 g/mol. The molecule has 1 heterocycles. The number of nitriles is 1. The lowest BCUT2D eigenvalue weighted by atomic mass is 10.1. The number of nitrogens with zero attached hydrogens (tertiary/aromatic N) is 3. The fraction of sp³-hybridized carbons (Fsp3) is 0.100. The van der Waals surface area contributed by atoms with Crippen molar-refractivity contribution < 1.29 is 4.79 Å². The van der Waals surface area contributed by atoms with E-state index in [4.69, 9.17) is 5.26 Å². The number of aryl methyl sites for hydroxylation is 1. The standard InChI is InChI=1S/C20H17N5O/c1-2-14-7-3-5-9-16(14)23-20(26)18-11-12-19(25-24-18)22-17-10-6-4-8-15(17)13-21/h3-12H,2H2,1H3,(H,22,25)(H,23,26). The molecular weight excluding hydrogens is 326 g/mol. The molecule has 128 valence electrons. The van der Waals surface area contributed by atoms with Gasteiger partial charge in [-0.1, -0.05) is 37.3 Å². The first-order valence-corrected chi connectivity index (χ1v) is 8.20. The molecule has 0 spiro atoms. The molecule has 0 saturated carbocycles. The molecule has 3 aromatic rings. The zero-order valence-electron chi connectivity index (χ0n) is 14.2. The van der Waals surface area contributed by atoms with Gasteiger partial charge in [0, 0.05) is 5.69 Å². The van der Waals surface area contributed by atoms with Crippen LogP contribution in [0.4, 0.5) is 17.2 Å². The quantitative estimate of drug-likeness (QED) is 0.733. The third kappa shape index (κ3) is 3.84. The average Bonchev–Trinajstić information content (AvgIpc) is 2.69. The van der Waals surface area contributed by atoms with Crippen molar-refractivity contribution >= 4 is 23.1 Å². The lowest BCUT2D eigenvalue weighted by Gasteiger charge is -2.10. The zero-order valence-corrected chi connectivity index (χ0v) is 14.2. The van der Waals surface area contributed by atoms with Gasteiger partial charge >= 0.3 is 0 Å². The van der Waals surface area contributed by atoms with Crippen molar-refractivity contribution in [3.05, 3.63) is 77.5 Å². The second-order valence-corrected chi connectivity index (χ2v) is 5.55. The SMILES string of the molecule is CCc1ccccc1NC(=O)c1ccc(Nc2ccccc2C#N)nn1. The van der Waals surface area contributed by atoms with Crippen molar-refractivity contribution in [2.24, 2.45) is 0 Å². The minimum absolute atomic E-state index is 0.218. The molecule has 6 nitrogen and oxygen atoms in total. The summed E-state index contributed by atoms with van der Waals surface area (Å²) in [6.07, 6.45) is 0.823. The Labute approximate surface area is 151 Å². The molecule has 2 N–H and O–H groups in total. The van der Waals surface area contributed by atoms with Gasteiger partial charge in [-0.05, 0) is 42.3 Å². The van der Waals surface area contributed by atoms with Gasteiger partial charge in [0.2, 0.25) is 0 Å². The molecule has 3 rings (SSSR count). The number of rotatable bonds is 5. The molecule has 2 aromatic carbocycles. The molecule has 1 aromatic heterocycles. The summed E-state index contributed by atoms with van der Waals surface area (Å²) < 4.78 is 0. The maximum Gasteiger partial charge on any atom is 0.276 e. The van der Waals surface area contributed by atoms with Gasteiger partial charge in [-0.25, -0.2) is 0 Å². The van der Waals surface area contributed by atoms with Crippen molar-refractivity contribution in [2.75, 3.05) is 10.6 Å². The molecule has 6 heteroatoms. The van der Waals surface area contributed by atoms with E-state index in [2.05, 4.69) is 26.9 Å². The fourth-order valence-corrected chi connectivity index (χ4v) is 2.48. The summed E-state index contributed by atoms with van der Waals surface area (Å²) in [4.78, 5) is 12.4. The monoisotopic (exact) mass is 343 g/mol. The fourth-order valence-electron chi connectivity index (χ4n) is 2.48. The van der Waals surface area contributed by atoms with Gasteiger partial charge in [0.25, 0.3) is 5.91 Å². The molecule has 0 bridgehead atoms. The Balaban J connectivity index is 1.73. The highest BCUT2D eigenvalue weighted by Gasteiger charge is 2.11. The number of carbonyl (C=O) groups excluding carboxylic acids is 1. The second kappa shape index (κ2) is 7.90. The van der Waals surface area contributed by atoms with Gasteiger partial charge in [0.1, 0.15) is 6.07 Å². The van der Waals surface area contributed by atoms with Crippen LogP contribution in [-0.2, 0) is 6.42 Å². The molecule has 26 heavy (non-hydrogen) atoms. The van der Waals surface area contributed by atoms with Crippen LogP contribution in [0.5, 0.6) is 0 Å². The van der Waals surface area contributed by atoms with Gasteiger partial charge in [0.05, 0.1) is 11.3 Å². The zero-order chi connectivity index (χ0) is 18.4. The summed E-state index contributed by atoms with van der Waals surface area (Å²) in [7, 11) is 0. The molecule has 0 radical (unpaired) electrons.